The van der Waals surface area contributed by atoms with Crippen LogP contribution in [0.15, 0.2) is 0 Å². The molecule has 1 aliphatic rings. The number of thioether (sulfide) groups is 1. The molecule has 0 radical (unpaired) electrons. The third-order valence-corrected chi connectivity index (χ3v) is 5.54. The summed E-state index contributed by atoms with van der Waals surface area (Å²) in [6, 6.07) is 0. The van der Waals surface area contributed by atoms with Gasteiger partial charge in [0.2, 0.25) is 0 Å². The first kappa shape index (κ1) is 15.8. The van der Waals surface area contributed by atoms with Crippen LogP contribution in [0.1, 0.15) is 52.9 Å². The zero-order valence-electron chi connectivity index (χ0n) is 11.9. The van der Waals surface area contributed by atoms with E-state index in [9.17, 15) is 9.90 Å². The van der Waals surface area contributed by atoms with Gasteiger partial charge in [0.05, 0.1) is 0 Å². The molecule has 1 fully saturated rings. The molecule has 4 heteroatoms. The molecule has 0 heterocycles. The first-order valence-corrected chi connectivity index (χ1v) is 8.19. The molecule has 0 bridgehead atoms. The van der Waals surface area contributed by atoms with Gasteiger partial charge in [0.25, 0.3) is 0 Å². The molecule has 18 heavy (non-hydrogen) atoms. The molecule has 0 saturated heterocycles. The second kappa shape index (κ2) is 7.39. The van der Waals surface area contributed by atoms with Gasteiger partial charge in [-0.15, -0.1) is 0 Å². The van der Waals surface area contributed by atoms with Gasteiger partial charge in [-0.2, -0.15) is 11.8 Å². The summed E-state index contributed by atoms with van der Waals surface area (Å²) in [7, 11) is 0. The summed E-state index contributed by atoms with van der Waals surface area (Å²) in [6.07, 6.45) is 4.78. The standard InChI is InChI=1S/C14H27NO2S/c1-4-8-15-14(13(16)17)7-6-12(9-14)18-10-11(3)5-2/h11-12,15H,4-10H2,1-3H3,(H,16,17). The summed E-state index contributed by atoms with van der Waals surface area (Å²) in [5.41, 5.74) is -0.650. The van der Waals surface area contributed by atoms with Crippen LogP contribution in [0.5, 0.6) is 0 Å². The second-order valence-corrected chi connectivity index (χ2v) is 6.86. The number of carboxylic acids is 1. The smallest absolute Gasteiger partial charge is 0.323 e. The zero-order chi connectivity index (χ0) is 13.6. The van der Waals surface area contributed by atoms with Crippen LogP contribution in [-0.4, -0.2) is 34.2 Å². The van der Waals surface area contributed by atoms with Crippen LogP contribution in [0.25, 0.3) is 0 Å². The highest BCUT2D eigenvalue weighted by molar-refractivity contribution is 7.99. The molecule has 0 aromatic carbocycles. The molecule has 3 nitrogen and oxygen atoms in total. The fourth-order valence-electron chi connectivity index (χ4n) is 2.36. The zero-order valence-corrected chi connectivity index (χ0v) is 12.7. The third kappa shape index (κ3) is 4.16. The van der Waals surface area contributed by atoms with E-state index in [1.807, 2.05) is 11.8 Å². The summed E-state index contributed by atoms with van der Waals surface area (Å²) in [5.74, 6) is 1.23. The average Bonchev–Trinajstić information content (AvgIpc) is 2.78. The topological polar surface area (TPSA) is 49.3 Å². The Bertz CT molecular complexity index is 273. The van der Waals surface area contributed by atoms with Crippen LogP contribution in [0.2, 0.25) is 0 Å². The highest BCUT2D eigenvalue weighted by Crippen LogP contribution is 2.38. The lowest BCUT2D eigenvalue weighted by atomic mass is 9.98. The van der Waals surface area contributed by atoms with E-state index in [4.69, 9.17) is 0 Å². The van der Waals surface area contributed by atoms with Crippen molar-refractivity contribution in [2.45, 2.75) is 63.7 Å². The van der Waals surface area contributed by atoms with Crippen molar-refractivity contribution in [1.29, 1.82) is 0 Å². The van der Waals surface area contributed by atoms with Gasteiger partial charge < -0.3 is 10.4 Å². The van der Waals surface area contributed by atoms with E-state index in [-0.39, 0.29) is 0 Å². The normalized spacial score (nSPS) is 29.4. The van der Waals surface area contributed by atoms with Gasteiger partial charge in [-0.1, -0.05) is 27.2 Å². The van der Waals surface area contributed by atoms with Gasteiger partial charge in [0.1, 0.15) is 5.54 Å². The van der Waals surface area contributed by atoms with Gasteiger partial charge >= 0.3 is 5.97 Å². The average molecular weight is 273 g/mol. The Balaban J connectivity index is 2.47. The Morgan fingerprint density at radius 3 is 2.83 bits per heavy atom. The molecule has 0 aromatic heterocycles. The molecule has 0 aliphatic heterocycles. The van der Waals surface area contributed by atoms with Crippen molar-refractivity contribution < 1.29 is 9.90 Å². The maximum Gasteiger partial charge on any atom is 0.323 e. The SMILES string of the molecule is CCCNC1(C(=O)O)CCC(SCC(C)CC)C1. The highest BCUT2D eigenvalue weighted by atomic mass is 32.2. The van der Waals surface area contributed by atoms with Crippen LogP contribution < -0.4 is 5.32 Å². The van der Waals surface area contributed by atoms with Crippen molar-refractivity contribution in [3.63, 3.8) is 0 Å². The quantitative estimate of drug-likeness (QED) is 0.713. The molecule has 3 unspecified atom stereocenters. The predicted octanol–water partition coefficient (Wildman–Crippen LogP) is 3.14. The molecule has 0 amide bonds. The Morgan fingerprint density at radius 1 is 1.56 bits per heavy atom. The number of rotatable bonds is 8. The fraction of sp³-hybridized carbons (Fsp3) is 0.929. The van der Waals surface area contributed by atoms with Gasteiger partial charge in [-0.05, 0) is 43.9 Å². The Morgan fingerprint density at radius 2 is 2.28 bits per heavy atom. The first-order chi connectivity index (χ1) is 8.54. The largest absolute Gasteiger partial charge is 0.480 e. The lowest BCUT2D eigenvalue weighted by molar-refractivity contribution is -0.144. The molecule has 3 atom stereocenters. The molecule has 0 aromatic rings. The summed E-state index contributed by atoms with van der Waals surface area (Å²) in [6.45, 7) is 7.35. The number of aliphatic carboxylic acids is 1. The van der Waals surface area contributed by atoms with E-state index in [0.29, 0.717) is 5.25 Å². The van der Waals surface area contributed by atoms with Crippen LogP contribution in [0.3, 0.4) is 0 Å². The van der Waals surface area contributed by atoms with Crippen molar-refractivity contribution in [1.82, 2.24) is 5.32 Å². The summed E-state index contributed by atoms with van der Waals surface area (Å²) in [5, 5.41) is 13.2. The van der Waals surface area contributed by atoms with E-state index in [1.54, 1.807) is 0 Å². The summed E-state index contributed by atoms with van der Waals surface area (Å²) in [4.78, 5) is 11.5. The van der Waals surface area contributed by atoms with Crippen molar-refractivity contribution in [3.8, 4) is 0 Å². The minimum atomic E-state index is -0.664. The number of hydrogen-bond donors (Lipinski definition) is 2. The maximum absolute atomic E-state index is 11.5. The van der Waals surface area contributed by atoms with E-state index in [2.05, 4.69) is 26.1 Å². The second-order valence-electron chi connectivity index (χ2n) is 5.53. The number of carboxylic acid groups (broad SMARTS) is 1. The number of hydrogen-bond acceptors (Lipinski definition) is 3. The molecular formula is C14H27NO2S. The van der Waals surface area contributed by atoms with E-state index in [1.165, 1.54) is 6.42 Å². The maximum atomic E-state index is 11.5. The van der Waals surface area contributed by atoms with Crippen molar-refractivity contribution in [2.75, 3.05) is 12.3 Å². The minimum Gasteiger partial charge on any atom is -0.480 e. The van der Waals surface area contributed by atoms with E-state index < -0.39 is 11.5 Å². The van der Waals surface area contributed by atoms with Gasteiger partial charge in [-0.25, -0.2) is 0 Å². The van der Waals surface area contributed by atoms with Crippen LogP contribution in [0.4, 0.5) is 0 Å². The van der Waals surface area contributed by atoms with Crippen molar-refractivity contribution >= 4 is 17.7 Å². The highest BCUT2D eigenvalue weighted by Gasteiger charge is 2.45. The predicted molar refractivity (Wildman–Crippen MR) is 78.2 cm³/mol. The van der Waals surface area contributed by atoms with E-state index in [0.717, 1.165) is 43.9 Å². The lowest BCUT2D eigenvalue weighted by Crippen LogP contribution is -2.50. The van der Waals surface area contributed by atoms with Gasteiger partial charge in [0, 0.05) is 5.25 Å². The molecule has 1 aliphatic carbocycles. The molecular weight excluding hydrogens is 246 g/mol. The van der Waals surface area contributed by atoms with Crippen LogP contribution >= 0.6 is 11.8 Å². The summed E-state index contributed by atoms with van der Waals surface area (Å²) < 4.78 is 0. The van der Waals surface area contributed by atoms with Gasteiger partial charge in [0.15, 0.2) is 0 Å². The molecule has 0 spiro atoms. The molecule has 1 rings (SSSR count). The third-order valence-electron chi connectivity index (χ3n) is 3.91. The summed E-state index contributed by atoms with van der Waals surface area (Å²) >= 11 is 1.97. The number of carbonyl (C=O) groups is 1. The Kier molecular flexibility index (Phi) is 6.50. The Labute approximate surface area is 115 Å². The fourth-order valence-corrected chi connectivity index (χ4v) is 3.88. The monoisotopic (exact) mass is 273 g/mol. The molecule has 2 N–H and O–H groups in total. The lowest BCUT2D eigenvalue weighted by Gasteiger charge is -2.26. The number of nitrogens with one attached hydrogen (secondary N) is 1. The van der Waals surface area contributed by atoms with Crippen molar-refractivity contribution in [2.24, 2.45) is 5.92 Å². The van der Waals surface area contributed by atoms with Gasteiger partial charge in [-0.3, -0.25) is 4.79 Å². The molecule has 1 saturated carbocycles. The van der Waals surface area contributed by atoms with Crippen LogP contribution in [0, 0.1) is 5.92 Å². The Hall–Kier alpha value is -0.220. The molecule has 106 valence electrons. The van der Waals surface area contributed by atoms with Crippen molar-refractivity contribution in [3.05, 3.63) is 0 Å². The van der Waals surface area contributed by atoms with E-state index >= 15 is 0 Å². The van der Waals surface area contributed by atoms with Crippen LogP contribution in [-0.2, 0) is 4.79 Å². The minimum absolute atomic E-state index is 0.513. The first-order valence-electron chi connectivity index (χ1n) is 7.14.